The number of benzene rings is 3. The van der Waals surface area contributed by atoms with Crippen LogP contribution in [0.15, 0.2) is 64.5 Å². The number of carboxylic acid groups (broad SMARTS) is 1. The first-order chi connectivity index (χ1) is 18.7. The first-order valence-corrected chi connectivity index (χ1v) is 14.5. The summed E-state index contributed by atoms with van der Waals surface area (Å²) in [5, 5.41) is 10.7. The van der Waals surface area contributed by atoms with Crippen LogP contribution in [0.1, 0.15) is 35.3 Å². The van der Waals surface area contributed by atoms with Gasteiger partial charge in [0.15, 0.2) is 16.7 Å². The topological polar surface area (TPSA) is 88.4 Å². The number of aromatic carboxylic acids is 1. The molecule has 1 N–H and O–H groups in total. The third-order valence-electron chi connectivity index (χ3n) is 5.56. The van der Waals surface area contributed by atoms with Crippen molar-refractivity contribution in [1.82, 2.24) is 4.90 Å². The van der Waals surface area contributed by atoms with E-state index in [0.29, 0.717) is 50.5 Å². The normalized spacial score (nSPS) is 15.3. The van der Waals surface area contributed by atoms with Crippen LogP contribution in [0, 0.1) is 3.57 Å². The predicted molar refractivity (Wildman–Crippen MR) is 165 cm³/mol. The molecule has 3 aromatic carbocycles. The number of rotatable bonds is 9. The molecule has 0 bridgehead atoms. The maximum Gasteiger partial charge on any atom is 0.335 e. The van der Waals surface area contributed by atoms with Crippen LogP contribution >= 0.6 is 57.6 Å². The molecular weight excluding hydrogens is 674 g/mol. The van der Waals surface area contributed by atoms with Crippen molar-refractivity contribution >= 4 is 86.4 Å². The molecule has 1 saturated heterocycles. The molecule has 0 atom stereocenters. The standard InChI is InChI=1S/C28H23Cl2IN2O5S/c1-3-33-26(34)24(39-28(33)32-20-9-6-17(7-10-20)27(35)36)13-16-11-22(31)25(23(12-16)37-4-2)38-15-18-5-8-19(29)14-21(18)30/h5-14H,3-4,15H2,1-2H3,(H,35,36)/b24-13+,32-28?. The predicted octanol–water partition coefficient (Wildman–Crippen LogP) is 7.90. The Hall–Kier alpha value is -2.73. The van der Waals surface area contributed by atoms with Crippen molar-refractivity contribution in [3.8, 4) is 11.5 Å². The van der Waals surface area contributed by atoms with Crippen LogP contribution in [-0.2, 0) is 11.4 Å². The van der Waals surface area contributed by atoms with Gasteiger partial charge in [0, 0.05) is 22.2 Å². The summed E-state index contributed by atoms with van der Waals surface area (Å²) in [6, 6.07) is 15.2. The molecule has 0 spiro atoms. The third-order valence-corrected chi connectivity index (χ3v) is 7.95. The number of carbonyl (C=O) groups is 2. The van der Waals surface area contributed by atoms with Gasteiger partial charge in [0.25, 0.3) is 5.91 Å². The van der Waals surface area contributed by atoms with Crippen molar-refractivity contribution in [2.75, 3.05) is 13.2 Å². The number of thioether (sulfide) groups is 1. The minimum Gasteiger partial charge on any atom is -0.490 e. The average molecular weight is 697 g/mol. The Kier molecular flexibility index (Phi) is 9.81. The molecule has 39 heavy (non-hydrogen) atoms. The minimum atomic E-state index is -1.01. The number of halogens is 3. The quantitative estimate of drug-likeness (QED) is 0.181. The highest BCUT2D eigenvalue weighted by Crippen LogP contribution is 2.39. The van der Waals surface area contributed by atoms with E-state index in [1.165, 1.54) is 23.9 Å². The Morgan fingerprint density at radius 3 is 2.49 bits per heavy atom. The molecular formula is C28H23Cl2IN2O5S. The Bertz CT molecular complexity index is 1480. The number of amidine groups is 1. The van der Waals surface area contributed by atoms with Gasteiger partial charge in [-0.1, -0.05) is 29.3 Å². The van der Waals surface area contributed by atoms with E-state index in [9.17, 15) is 9.59 Å². The summed E-state index contributed by atoms with van der Waals surface area (Å²) in [5.74, 6) is -0.0323. The maximum absolute atomic E-state index is 13.2. The van der Waals surface area contributed by atoms with Crippen molar-refractivity contribution in [3.63, 3.8) is 0 Å². The van der Waals surface area contributed by atoms with Gasteiger partial charge in [-0.2, -0.15) is 0 Å². The van der Waals surface area contributed by atoms with E-state index >= 15 is 0 Å². The number of hydrogen-bond acceptors (Lipinski definition) is 6. The lowest BCUT2D eigenvalue weighted by Crippen LogP contribution is -2.28. The SMILES string of the molecule is CCOc1cc(/C=C2/SC(=Nc3ccc(C(=O)O)cc3)N(CC)C2=O)cc(I)c1OCc1ccc(Cl)cc1Cl. The first-order valence-electron chi connectivity index (χ1n) is 11.9. The summed E-state index contributed by atoms with van der Waals surface area (Å²) in [6.45, 7) is 4.87. The number of likely N-dealkylation sites (N-methyl/N-ethyl adjacent to an activating group) is 1. The van der Waals surface area contributed by atoms with E-state index in [1.807, 2.05) is 32.0 Å². The number of nitrogens with zero attached hydrogens (tertiary/aromatic N) is 2. The zero-order valence-corrected chi connectivity index (χ0v) is 25.4. The van der Waals surface area contributed by atoms with Gasteiger partial charge in [0.2, 0.25) is 0 Å². The zero-order chi connectivity index (χ0) is 28.1. The van der Waals surface area contributed by atoms with Crippen LogP contribution in [0.4, 0.5) is 5.69 Å². The van der Waals surface area contributed by atoms with E-state index < -0.39 is 5.97 Å². The van der Waals surface area contributed by atoms with Crippen molar-refractivity contribution < 1.29 is 24.2 Å². The zero-order valence-electron chi connectivity index (χ0n) is 20.9. The molecule has 0 radical (unpaired) electrons. The van der Waals surface area contributed by atoms with Gasteiger partial charge < -0.3 is 14.6 Å². The minimum absolute atomic E-state index is 0.158. The van der Waals surface area contributed by atoms with E-state index in [0.717, 1.165) is 14.7 Å². The fourth-order valence-electron chi connectivity index (χ4n) is 3.67. The molecule has 4 rings (SSSR count). The van der Waals surface area contributed by atoms with Crippen molar-refractivity contribution in [2.45, 2.75) is 20.5 Å². The van der Waals surface area contributed by atoms with Crippen molar-refractivity contribution in [1.29, 1.82) is 0 Å². The second-order valence-electron chi connectivity index (χ2n) is 8.19. The summed E-state index contributed by atoms with van der Waals surface area (Å²) in [4.78, 5) is 31.0. The summed E-state index contributed by atoms with van der Waals surface area (Å²) in [7, 11) is 0. The summed E-state index contributed by atoms with van der Waals surface area (Å²) >= 11 is 15.7. The van der Waals surface area contributed by atoms with Gasteiger partial charge in [-0.15, -0.1) is 0 Å². The smallest absolute Gasteiger partial charge is 0.335 e. The van der Waals surface area contributed by atoms with Gasteiger partial charge in [-0.25, -0.2) is 9.79 Å². The number of hydrogen-bond donors (Lipinski definition) is 1. The van der Waals surface area contributed by atoms with Crippen molar-refractivity contribution in [3.05, 3.63) is 89.8 Å². The molecule has 202 valence electrons. The van der Waals surface area contributed by atoms with Gasteiger partial charge in [0.1, 0.15) is 6.61 Å². The molecule has 1 fully saturated rings. The van der Waals surface area contributed by atoms with Crippen LogP contribution < -0.4 is 9.47 Å². The summed E-state index contributed by atoms with van der Waals surface area (Å²) in [5.41, 5.74) is 2.30. The molecule has 7 nitrogen and oxygen atoms in total. The number of aliphatic imine (C=N–C) groups is 1. The first kappa shape index (κ1) is 29.3. The van der Waals surface area contributed by atoms with E-state index in [1.54, 1.807) is 35.2 Å². The van der Waals surface area contributed by atoms with Crippen LogP contribution in [-0.4, -0.2) is 40.2 Å². The van der Waals surface area contributed by atoms with E-state index in [4.69, 9.17) is 37.8 Å². The molecule has 11 heteroatoms. The highest BCUT2D eigenvalue weighted by molar-refractivity contribution is 14.1. The number of carbonyl (C=O) groups excluding carboxylic acids is 1. The Balaban J connectivity index is 1.60. The monoisotopic (exact) mass is 696 g/mol. The Morgan fingerprint density at radius 2 is 1.85 bits per heavy atom. The molecule has 0 saturated carbocycles. The summed E-state index contributed by atoms with van der Waals surface area (Å²) in [6.07, 6.45) is 1.80. The third kappa shape index (κ3) is 7.08. The average Bonchev–Trinajstić information content (AvgIpc) is 3.18. The molecule has 1 aliphatic heterocycles. The van der Waals surface area contributed by atoms with Crippen LogP contribution in [0.2, 0.25) is 10.0 Å². The molecule has 0 aromatic heterocycles. The molecule has 1 heterocycles. The fourth-order valence-corrected chi connectivity index (χ4v) is 5.98. The highest BCUT2D eigenvalue weighted by atomic mass is 127. The number of ether oxygens (including phenoxy) is 2. The largest absolute Gasteiger partial charge is 0.490 e. The Labute approximate surface area is 253 Å². The lowest BCUT2D eigenvalue weighted by Gasteiger charge is -2.15. The van der Waals surface area contributed by atoms with Crippen LogP contribution in [0.3, 0.4) is 0 Å². The molecule has 1 amide bonds. The highest BCUT2D eigenvalue weighted by Gasteiger charge is 2.32. The van der Waals surface area contributed by atoms with Crippen molar-refractivity contribution in [2.24, 2.45) is 4.99 Å². The second-order valence-corrected chi connectivity index (χ2v) is 11.2. The fraction of sp³-hybridized carbons (Fsp3) is 0.179. The van der Waals surface area contributed by atoms with Gasteiger partial charge in [-0.05, 0) is 108 Å². The molecule has 0 aliphatic carbocycles. The van der Waals surface area contributed by atoms with E-state index in [-0.39, 0.29) is 18.1 Å². The number of amides is 1. The lowest BCUT2D eigenvalue weighted by atomic mass is 10.1. The number of carboxylic acids is 1. The molecule has 0 unspecified atom stereocenters. The van der Waals surface area contributed by atoms with Gasteiger partial charge in [0.05, 0.1) is 26.3 Å². The second kappa shape index (κ2) is 13.1. The van der Waals surface area contributed by atoms with Gasteiger partial charge in [-0.3, -0.25) is 9.69 Å². The Morgan fingerprint density at radius 1 is 1.10 bits per heavy atom. The summed E-state index contributed by atoms with van der Waals surface area (Å²) < 4.78 is 12.8. The lowest BCUT2D eigenvalue weighted by molar-refractivity contribution is -0.122. The van der Waals surface area contributed by atoms with Gasteiger partial charge >= 0.3 is 5.97 Å². The maximum atomic E-state index is 13.2. The molecule has 3 aromatic rings. The van der Waals surface area contributed by atoms with Crippen LogP contribution in [0.25, 0.3) is 6.08 Å². The molecule has 1 aliphatic rings. The van der Waals surface area contributed by atoms with E-state index in [2.05, 4.69) is 27.6 Å². The van der Waals surface area contributed by atoms with Crippen LogP contribution in [0.5, 0.6) is 11.5 Å².